The fraction of sp³-hybridized carbons (Fsp3) is 1.00. The van der Waals surface area contributed by atoms with Gasteiger partial charge in [-0.3, -0.25) is 0 Å². The van der Waals surface area contributed by atoms with Crippen LogP contribution >= 0.6 is 0 Å². The molecule has 0 radical (unpaired) electrons. The monoisotopic (exact) mass is 256 g/mol. The molecule has 2 nitrogen and oxygen atoms in total. The van der Waals surface area contributed by atoms with Crippen LogP contribution in [-0.4, -0.2) is 37.1 Å². The van der Waals surface area contributed by atoms with Crippen LogP contribution in [0, 0.1) is 11.8 Å². The summed E-state index contributed by atoms with van der Waals surface area (Å²) in [6.45, 7) is 16.1. The van der Waals surface area contributed by atoms with E-state index < -0.39 is 0 Å². The zero-order valence-electron chi connectivity index (χ0n) is 13.8. The molecule has 1 N–H and O–H groups in total. The molecule has 0 fully saturated rings. The Bertz CT molecular complexity index is 178. The first kappa shape index (κ1) is 17.9. The van der Waals surface area contributed by atoms with Crippen molar-refractivity contribution in [2.45, 2.75) is 72.9 Å². The van der Waals surface area contributed by atoms with E-state index >= 15 is 0 Å². The van der Waals surface area contributed by atoms with Crippen LogP contribution in [0.3, 0.4) is 0 Å². The Balaban J connectivity index is 3.81. The highest BCUT2D eigenvalue weighted by atomic mass is 15.1. The van der Waals surface area contributed by atoms with Gasteiger partial charge >= 0.3 is 0 Å². The molecule has 0 aliphatic carbocycles. The predicted octanol–water partition coefficient (Wildman–Crippen LogP) is 3.77. The van der Waals surface area contributed by atoms with Gasteiger partial charge in [0.25, 0.3) is 0 Å². The molecular weight excluding hydrogens is 220 g/mol. The Kier molecular flexibility index (Phi) is 9.76. The first-order chi connectivity index (χ1) is 8.32. The van der Waals surface area contributed by atoms with E-state index in [9.17, 15) is 0 Å². The van der Waals surface area contributed by atoms with Gasteiger partial charge in [-0.15, -0.1) is 0 Å². The summed E-state index contributed by atoms with van der Waals surface area (Å²) in [6, 6.07) is 1.36. The topological polar surface area (TPSA) is 15.3 Å². The first-order valence-corrected chi connectivity index (χ1v) is 7.76. The average Bonchev–Trinajstić information content (AvgIpc) is 2.21. The molecule has 0 aliphatic heterocycles. The molecule has 0 aromatic rings. The maximum absolute atomic E-state index is 3.75. The highest BCUT2D eigenvalue weighted by Gasteiger charge is 2.12. The third-order valence-electron chi connectivity index (χ3n) is 3.51. The molecule has 0 bridgehead atoms. The van der Waals surface area contributed by atoms with E-state index in [2.05, 4.69) is 58.8 Å². The fourth-order valence-electron chi connectivity index (χ4n) is 2.29. The van der Waals surface area contributed by atoms with Gasteiger partial charge in [-0.25, -0.2) is 0 Å². The van der Waals surface area contributed by atoms with E-state index in [1.54, 1.807) is 0 Å². The van der Waals surface area contributed by atoms with Crippen molar-refractivity contribution in [1.29, 1.82) is 0 Å². The van der Waals surface area contributed by atoms with Crippen LogP contribution in [0.15, 0.2) is 0 Å². The summed E-state index contributed by atoms with van der Waals surface area (Å²) in [4.78, 5) is 2.42. The van der Waals surface area contributed by atoms with Gasteiger partial charge in [0.2, 0.25) is 0 Å². The van der Waals surface area contributed by atoms with Gasteiger partial charge in [0.15, 0.2) is 0 Å². The Labute approximate surface area is 116 Å². The van der Waals surface area contributed by atoms with Crippen LogP contribution in [0.25, 0.3) is 0 Å². The second-order valence-electron chi connectivity index (χ2n) is 6.84. The average molecular weight is 256 g/mol. The second-order valence-corrected chi connectivity index (χ2v) is 6.84. The smallest absolute Gasteiger partial charge is 0.00719 e. The van der Waals surface area contributed by atoms with Gasteiger partial charge in [-0.05, 0) is 65.1 Å². The van der Waals surface area contributed by atoms with Crippen molar-refractivity contribution < 1.29 is 0 Å². The molecule has 0 aliphatic rings. The Morgan fingerprint density at radius 1 is 0.889 bits per heavy atom. The lowest BCUT2D eigenvalue weighted by Gasteiger charge is -2.24. The van der Waals surface area contributed by atoms with Crippen LogP contribution in [0.1, 0.15) is 60.8 Å². The molecule has 0 saturated carbocycles. The highest BCUT2D eigenvalue weighted by molar-refractivity contribution is 4.71. The molecule has 0 aromatic heterocycles. The molecule has 0 unspecified atom stereocenters. The maximum Gasteiger partial charge on any atom is 0.00719 e. The molecule has 110 valence electrons. The highest BCUT2D eigenvalue weighted by Crippen LogP contribution is 2.13. The zero-order chi connectivity index (χ0) is 14.1. The molecule has 0 amide bonds. The maximum atomic E-state index is 3.75. The van der Waals surface area contributed by atoms with E-state index in [4.69, 9.17) is 0 Å². The van der Waals surface area contributed by atoms with Crippen molar-refractivity contribution >= 4 is 0 Å². The number of hydrogen-bond donors (Lipinski definition) is 1. The third-order valence-corrected chi connectivity index (χ3v) is 3.51. The van der Waals surface area contributed by atoms with Crippen LogP contribution in [0.2, 0.25) is 0 Å². The second kappa shape index (κ2) is 9.80. The lowest BCUT2D eigenvalue weighted by atomic mass is 9.95. The summed E-state index contributed by atoms with van der Waals surface area (Å²) < 4.78 is 0. The molecule has 18 heavy (non-hydrogen) atoms. The molecule has 0 rings (SSSR count). The molecule has 0 aromatic carbocycles. The largest absolute Gasteiger partial charge is 0.314 e. The Morgan fingerprint density at radius 3 is 1.78 bits per heavy atom. The van der Waals surface area contributed by atoms with Gasteiger partial charge in [-0.1, -0.05) is 27.7 Å². The minimum absolute atomic E-state index is 0.659. The molecule has 0 atom stereocenters. The lowest BCUT2D eigenvalue weighted by molar-refractivity contribution is 0.264. The van der Waals surface area contributed by atoms with Gasteiger partial charge in [0.1, 0.15) is 0 Å². The lowest BCUT2D eigenvalue weighted by Crippen LogP contribution is -2.35. The normalized spacial score (nSPS) is 12.7. The molecule has 2 heteroatoms. The van der Waals surface area contributed by atoms with Crippen molar-refractivity contribution in [2.75, 3.05) is 20.1 Å². The minimum Gasteiger partial charge on any atom is -0.314 e. The SMILES string of the molecule is CC(C)CC(CC(C)C)NCCCN(C)C(C)C. The molecule has 0 heterocycles. The zero-order valence-corrected chi connectivity index (χ0v) is 13.8. The summed E-state index contributed by atoms with van der Waals surface area (Å²) in [5, 5.41) is 3.75. The number of nitrogens with one attached hydrogen (secondary N) is 1. The van der Waals surface area contributed by atoms with Crippen molar-refractivity contribution in [3.8, 4) is 0 Å². The van der Waals surface area contributed by atoms with Crippen molar-refractivity contribution in [2.24, 2.45) is 11.8 Å². The quantitative estimate of drug-likeness (QED) is 0.599. The predicted molar refractivity (Wildman–Crippen MR) is 83.1 cm³/mol. The Hall–Kier alpha value is -0.0800. The van der Waals surface area contributed by atoms with E-state index in [0.29, 0.717) is 12.1 Å². The van der Waals surface area contributed by atoms with Gasteiger partial charge in [-0.2, -0.15) is 0 Å². The minimum atomic E-state index is 0.659. The Morgan fingerprint density at radius 2 is 1.39 bits per heavy atom. The van der Waals surface area contributed by atoms with Crippen molar-refractivity contribution in [3.63, 3.8) is 0 Å². The van der Waals surface area contributed by atoms with Crippen LogP contribution < -0.4 is 5.32 Å². The fourth-order valence-corrected chi connectivity index (χ4v) is 2.29. The van der Waals surface area contributed by atoms with Crippen LogP contribution in [0.5, 0.6) is 0 Å². The summed E-state index contributed by atoms with van der Waals surface area (Å²) >= 11 is 0. The van der Waals surface area contributed by atoms with Crippen LogP contribution in [-0.2, 0) is 0 Å². The first-order valence-electron chi connectivity index (χ1n) is 7.76. The van der Waals surface area contributed by atoms with Crippen LogP contribution in [0.4, 0.5) is 0 Å². The number of rotatable bonds is 10. The van der Waals surface area contributed by atoms with E-state index in [1.165, 1.54) is 25.8 Å². The molecular formula is C16H36N2. The molecule has 0 spiro atoms. The third kappa shape index (κ3) is 9.90. The van der Waals surface area contributed by atoms with E-state index in [1.807, 2.05) is 0 Å². The summed E-state index contributed by atoms with van der Waals surface area (Å²) in [5.41, 5.74) is 0. The standard InChI is InChI=1S/C16H36N2/c1-13(2)11-16(12-14(3)4)17-9-8-10-18(7)15(5)6/h13-17H,8-12H2,1-7H3. The summed E-state index contributed by atoms with van der Waals surface area (Å²) in [7, 11) is 2.21. The van der Waals surface area contributed by atoms with Gasteiger partial charge in [0, 0.05) is 12.1 Å². The summed E-state index contributed by atoms with van der Waals surface area (Å²) in [5.74, 6) is 1.58. The van der Waals surface area contributed by atoms with E-state index in [0.717, 1.165) is 18.4 Å². The van der Waals surface area contributed by atoms with Crippen molar-refractivity contribution in [3.05, 3.63) is 0 Å². The summed E-state index contributed by atoms with van der Waals surface area (Å²) in [6.07, 6.45) is 3.86. The number of nitrogens with zero attached hydrogens (tertiary/aromatic N) is 1. The molecule has 0 saturated heterocycles. The van der Waals surface area contributed by atoms with E-state index in [-0.39, 0.29) is 0 Å². The van der Waals surface area contributed by atoms with Gasteiger partial charge < -0.3 is 10.2 Å². The van der Waals surface area contributed by atoms with Gasteiger partial charge in [0.05, 0.1) is 0 Å². The number of hydrogen-bond acceptors (Lipinski definition) is 2. The van der Waals surface area contributed by atoms with Crippen molar-refractivity contribution in [1.82, 2.24) is 10.2 Å².